The molecule has 0 N–H and O–H groups in total. The van der Waals surface area contributed by atoms with Crippen molar-refractivity contribution in [2.24, 2.45) is 0 Å². The van der Waals surface area contributed by atoms with Crippen molar-refractivity contribution in [3.8, 4) is 5.75 Å². The van der Waals surface area contributed by atoms with Crippen LogP contribution < -0.4 is 4.74 Å². The number of benzene rings is 2. The molecule has 0 saturated carbocycles. The lowest BCUT2D eigenvalue weighted by atomic mass is 9.93. The molecule has 1 fully saturated rings. The van der Waals surface area contributed by atoms with Gasteiger partial charge >= 0.3 is 0 Å². The number of fused-ring (bicyclic) bond motifs is 1. The van der Waals surface area contributed by atoms with Crippen molar-refractivity contribution in [3.05, 3.63) is 81.0 Å². The summed E-state index contributed by atoms with van der Waals surface area (Å²) in [5.74, 6) is 0.565. The lowest BCUT2D eigenvalue weighted by molar-refractivity contribution is -0.138. The number of amides is 1. The molecule has 0 bridgehead atoms. The van der Waals surface area contributed by atoms with E-state index in [4.69, 9.17) is 9.47 Å². The first-order valence-electron chi connectivity index (χ1n) is 13.5. The number of methoxy groups -OCH3 is 1. The Hall–Kier alpha value is -2.72. The van der Waals surface area contributed by atoms with E-state index in [0.29, 0.717) is 41.3 Å². The normalized spacial score (nSPS) is 20.0. The SMILES string of the molecule is COc1cc(C)c(S(=O)(=O)N2CCCCC2COCC(=O)N2CCc3sccc3C2c2ccccc2)c(C)c1. The van der Waals surface area contributed by atoms with E-state index < -0.39 is 10.0 Å². The van der Waals surface area contributed by atoms with Crippen LogP contribution in [0.25, 0.3) is 0 Å². The summed E-state index contributed by atoms with van der Waals surface area (Å²) in [5.41, 5.74) is 3.59. The van der Waals surface area contributed by atoms with Crippen LogP contribution in [-0.2, 0) is 26.0 Å². The zero-order valence-corrected chi connectivity index (χ0v) is 24.4. The Morgan fingerprint density at radius 1 is 1.05 bits per heavy atom. The second-order valence-electron chi connectivity index (χ2n) is 10.3. The fourth-order valence-electron chi connectivity index (χ4n) is 5.95. The molecule has 208 valence electrons. The smallest absolute Gasteiger partial charge is 0.249 e. The Kier molecular flexibility index (Phi) is 8.42. The Morgan fingerprint density at radius 2 is 1.79 bits per heavy atom. The van der Waals surface area contributed by atoms with Gasteiger partial charge in [0, 0.05) is 24.0 Å². The number of sulfonamides is 1. The van der Waals surface area contributed by atoms with Crippen LogP contribution in [0.4, 0.5) is 0 Å². The number of nitrogens with zero attached hydrogens (tertiary/aromatic N) is 2. The van der Waals surface area contributed by atoms with Crippen molar-refractivity contribution in [1.82, 2.24) is 9.21 Å². The van der Waals surface area contributed by atoms with Gasteiger partial charge in [0.1, 0.15) is 12.4 Å². The first-order valence-corrected chi connectivity index (χ1v) is 15.8. The van der Waals surface area contributed by atoms with Crippen LogP contribution in [0.3, 0.4) is 0 Å². The highest BCUT2D eigenvalue weighted by molar-refractivity contribution is 7.89. The standard InChI is InChI=1S/C30H36N2O5S2/c1-21-17-25(36-3)18-22(2)30(21)39(34,35)32-14-8-7-11-24(32)19-37-20-28(33)31-15-12-27-26(13-16-38-27)29(31)23-9-5-4-6-10-23/h4-6,9-10,13,16-18,24,29H,7-8,11-12,14-15,19-20H2,1-3H3. The fraction of sp³-hybridized carbons (Fsp3) is 0.433. The molecule has 3 heterocycles. The van der Waals surface area contributed by atoms with Crippen molar-refractivity contribution in [3.63, 3.8) is 0 Å². The third-order valence-corrected chi connectivity index (χ3v) is 11.0. The third kappa shape index (κ3) is 5.63. The maximum absolute atomic E-state index is 13.8. The molecule has 0 aliphatic carbocycles. The first-order chi connectivity index (χ1) is 18.8. The fourth-order valence-corrected chi connectivity index (χ4v) is 8.95. The first kappa shape index (κ1) is 27.8. The molecule has 0 radical (unpaired) electrons. The molecule has 9 heteroatoms. The maximum Gasteiger partial charge on any atom is 0.249 e. The van der Waals surface area contributed by atoms with Crippen LogP contribution in [0, 0.1) is 13.8 Å². The number of carbonyl (C=O) groups excluding carboxylic acids is 1. The Morgan fingerprint density at radius 3 is 2.51 bits per heavy atom. The van der Waals surface area contributed by atoms with Crippen LogP contribution >= 0.6 is 11.3 Å². The lowest BCUT2D eigenvalue weighted by Gasteiger charge is -2.37. The molecular formula is C30H36N2O5S2. The highest BCUT2D eigenvalue weighted by Gasteiger charge is 2.37. The van der Waals surface area contributed by atoms with E-state index in [1.807, 2.05) is 23.1 Å². The molecule has 5 rings (SSSR count). The van der Waals surface area contributed by atoms with E-state index in [2.05, 4.69) is 23.6 Å². The van der Waals surface area contributed by atoms with Gasteiger partial charge < -0.3 is 14.4 Å². The number of aryl methyl sites for hydroxylation is 2. The summed E-state index contributed by atoms with van der Waals surface area (Å²) in [6, 6.07) is 15.3. The topological polar surface area (TPSA) is 76.1 Å². The van der Waals surface area contributed by atoms with E-state index in [1.54, 1.807) is 48.7 Å². The highest BCUT2D eigenvalue weighted by atomic mass is 32.2. The summed E-state index contributed by atoms with van der Waals surface area (Å²) in [6.45, 7) is 4.79. The second kappa shape index (κ2) is 11.8. The van der Waals surface area contributed by atoms with Gasteiger partial charge in [-0.3, -0.25) is 4.79 Å². The number of thiophene rings is 1. The van der Waals surface area contributed by atoms with Gasteiger partial charge in [-0.25, -0.2) is 8.42 Å². The molecule has 1 saturated heterocycles. The van der Waals surface area contributed by atoms with Gasteiger partial charge in [-0.1, -0.05) is 36.8 Å². The predicted molar refractivity (Wildman–Crippen MR) is 153 cm³/mol. The van der Waals surface area contributed by atoms with Gasteiger partial charge in [-0.2, -0.15) is 4.31 Å². The van der Waals surface area contributed by atoms with Gasteiger partial charge in [0.05, 0.1) is 24.7 Å². The van der Waals surface area contributed by atoms with Crippen LogP contribution in [0.5, 0.6) is 5.75 Å². The number of piperidine rings is 1. The molecular weight excluding hydrogens is 532 g/mol. The molecule has 3 aromatic rings. The van der Waals surface area contributed by atoms with Crippen molar-refractivity contribution < 1.29 is 22.7 Å². The van der Waals surface area contributed by atoms with E-state index in [9.17, 15) is 13.2 Å². The van der Waals surface area contributed by atoms with Gasteiger partial charge in [-0.05, 0) is 78.9 Å². The minimum atomic E-state index is -3.74. The molecule has 7 nitrogen and oxygen atoms in total. The predicted octanol–water partition coefficient (Wildman–Crippen LogP) is 5.11. The average molecular weight is 569 g/mol. The van der Waals surface area contributed by atoms with E-state index in [-0.39, 0.29) is 31.2 Å². The summed E-state index contributed by atoms with van der Waals surface area (Å²) >= 11 is 1.74. The van der Waals surface area contributed by atoms with Crippen molar-refractivity contribution in [2.75, 3.05) is 33.4 Å². The summed E-state index contributed by atoms with van der Waals surface area (Å²) in [7, 11) is -2.16. The lowest BCUT2D eigenvalue weighted by Crippen LogP contribution is -2.47. The van der Waals surface area contributed by atoms with Crippen LogP contribution in [0.15, 0.2) is 58.8 Å². The summed E-state index contributed by atoms with van der Waals surface area (Å²) in [4.78, 5) is 17.0. The van der Waals surface area contributed by atoms with Gasteiger partial charge in [-0.15, -0.1) is 11.3 Å². The van der Waals surface area contributed by atoms with Crippen molar-refractivity contribution >= 4 is 27.3 Å². The van der Waals surface area contributed by atoms with Crippen molar-refractivity contribution in [2.45, 2.75) is 56.5 Å². The molecule has 1 amide bonds. The minimum Gasteiger partial charge on any atom is -0.497 e. The Bertz CT molecular complexity index is 1400. The van der Waals surface area contributed by atoms with E-state index in [1.165, 1.54) is 10.4 Å². The monoisotopic (exact) mass is 568 g/mol. The minimum absolute atomic E-state index is 0.0756. The van der Waals surface area contributed by atoms with Gasteiger partial charge in [0.2, 0.25) is 15.9 Å². The molecule has 2 atom stereocenters. The van der Waals surface area contributed by atoms with Gasteiger partial charge in [0.25, 0.3) is 0 Å². The van der Waals surface area contributed by atoms with Crippen LogP contribution in [0.1, 0.15) is 52.4 Å². The largest absolute Gasteiger partial charge is 0.497 e. The summed E-state index contributed by atoms with van der Waals surface area (Å²) in [5, 5.41) is 2.09. The number of ether oxygens (including phenoxy) is 2. The van der Waals surface area contributed by atoms with Crippen LogP contribution in [-0.4, -0.2) is 63.0 Å². The molecule has 39 heavy (non-hydrogen) atoms. The third-order valence-electron chi connectivity index (χ3n) is 7.75. The number of hydrogen-bond acceptors (Lipinski definition) is 6. The number of rotatable bonds is 8. The molecule has 2 aromatic carbocycles. The van der Waals surface area contributed by atoms with E-state index >= 15 is 0 Å². The number of hydrogen-bond donors (Lipinski definition) is 0. The Labute approximate surface area is 235 Å². The number of carbonyl (C=O) groups is 1. The molecule has 2 aliphatic rings. The molecule has 2 aliphatic heterocycles. The summed E-state index contributed by atoms with van der Waals surface area (Å²) in [6.07, 6.45) is 3.27. The van der Waals surface area contributed by atoms with Crippen LogP contribution in [0.2, 0.25) is 0 Å². The highest BCUT2D eigenvalue weighted by Crippen LogP contribution is 2.38. The molecule has 0 spiro atoms. The van der Waals surface area contributed by atoms with E-state index in [0.717, 1.165) is 24.8 Å². The van der Waals surface area contributed by atoms with Gasteiger partial charge in [0.15, 0.2) is 0 Å². The average Bonchev–Trinajstić information content (AvgIpc) is 3.41. The zero-order chi connectivity index (χ0) is 27.6. The maximum atomic E-state index is 13.8. The molecule has 2 unspecified atom stereocenters. The quantitative estimate of drug-likeness (QED) is 0.378. The summed E-state index contributed by atoms with van der Waals surface area (Å²) < 4.78 is 40.5. The van der Waals surface area contributed by atoms with Crippen molar-refractivity contribution in [1.29, 1.82) is 0 Å². The second-order valence-corrected chi connectivity index (χ2v) is 13.1. The zero-order valence-electron chi connectivity index (χ0n) is 22.8. The Balaban J connectivity index is 1.29. The molecule has 1 aromatic heterocycles.